The van der Waals surface area contributed by atoms with Crippen LogP contribution in [0.15, 0.2) is 63.7 Å². The summed E-state index contributed by atoms with van der Waals surface area (Å²) in [5.41, 5.74) is 0.894. The third-order valence-electron chi connectivity index (χ3n) is 4.69. The van der Waals surface area contributed by atoms with E-state index in [2.05, 4.69) is 5.16 Å². The summed E-state index contributed by atoms with van der Waals surface area (Å²) in [5, 5.41) is 3.21. The quantitative estimate of drug-likeness (QED) is 0.687. The first-order valence-corrected chi connectivity index (χ1v) is 10.3. The zero-order valence-electron chi connectivity index (χ0n) is 14.4. The Bertz CT molecular complexity index is 1030. The first-order valence-electron chi connectivity index (χ1n) is 8.61. The Kier molecular flexibility index (Phi) is 4.57. The number of amides is 1. The summed E-state index contributed by atoms with van der Waals surface area (Å²) in [5.74, 6) is 0.402. The van der Waals surface area contributed by atoms with Crippen molar-refractivity contribution in [2.75, 3.05) is 18.8 Å². The van der Waals surface area contributed by atoms with Gasteiger partial charge in [-0.05, 0) is 24.1 Å². The van der Waals surface area contributed by atoms with E-state index in [1.807, 2.05) is 30.3 Å². The first kappa shape index (κ1) is 17.5. The molecule has 2 aromatic heterocycles. The van der Waals surface area contributed by atoms with E-state index in [1.54, 1.807) is 12.1 Å². The molecule has 1 atom stereocenters. The van der Waals surface area contributed by atoms with Crippen LogP contribution < -0.4 is 0 Å². The molecule has 7 nitrogen and oxygen atoms in total. The average molecular weight is 386 g/mol. The molecule has 0 saturated carbocycles. The van der Waals surface area contributed by atoms with Gasteiger partial charge in [-0.15, -0.1) is 0 Å². The van der Waals surface area contributed by atoms with Gasteiger partial charge in [-0.25, -0.2) is 8.42 Å². The Morgan fingerprint density at radius 3 is 2.63 bits per heavy atom. The van der Waals surface area contributed by atoms with Crippen molar-refractivity contribution in [3.8, 4) is 11.5 Å². The smallest absolute Gasteiger partial charge is 0.276 e. The number of benzene rings is 1. The largest absolute Gasteiger partial charge is 0.461 e. The number of nitrogens with zero attached hydrogens (tertiary/aromatic N) is 2. The van der Waals surface area contributed by atoms with Gasteiger partial charge in [0.1, 0.15) is 0 Å². The molecule has 1 amide bonds. The molecule has 4 rings (SSSR count). The Hall–Kier alpha value is -2.87. The summed E-state index contributed by atoms with van der Waals surface area (Å²) >= 11 is 0. The maximum atomic E-state index is 12.8. The Labute approximate surface area is 156 Å². The molecule has 27 heavy (non-hydrogen) atoms. The molecule has 3 aromatic rings. The molecule has 0 aliphatic carbocycles. The van der Waals surface area contributed by atoms with E-state index in [1.165, 1.54) is 17.2 Å². The van der Waals surface area contributed by atoms with Gasteiger partial charge in [0.05, 0.1) is 17.3 Å². The number of hydrogen-bond donors (Lipinski definition) is 0. The van der Waals surface area contributed by atoms with Crippen LogP contribution in [0.4, 0.5) is 0 Å². The Balaban J connectivity index is 1.53. The summed E-state index contributed by atoms with van der Waals surface area (Å²) < 4.78 is 35.8. The van der Waals surface area contributed by atoms with Crippen LogP contribution in [0.3, 0.4) is 0 Å². The Morgan fingerprint density at radius 1 is 1.07 bits per heavy atom. The monoisotopic (exact) mass is 386 g/mol. The minimum Gasteiger partial charge on any atom is -0.461 e. The average Bonchev–Trinajstić information content (AvgIpc) is 3.33. The minimum atomic E-state index is -3.34. The van der Waals surface area contributed by atoms with Gasteiger partial charge in [-0.1, -0.05) is 35.5 Å². The van der Waals surface area contributed by atoms with Gasteiger partial charge in [0.15, 0.2) is 21.3 Å². The van der Waals surface area contributed by atoms with E-state index in [0.717, 1.165) is 5.56 Å². The van der Waals surface area contributed by atoms with Crippen molar-refractivity contribution >= 4 is 15.7 Å². The first-order chi connectivity index (χ1) is 13.0. The molecule has 0 N–H and O–H groups in total. The molecule has 0 radical (unpaired) electrons. The minimum absolute atomic E-state index is 0.0821. The number of carbonyl (C=O) groups excluding carboxylic acids is 1. The molecule has 1 aliphatic heterocycles. The van der Waals surface area contributed by atoms with Crippen molar-refractivity contribution in [2.24, 2.45) is 0 Å². The Morgan fingerprint density at radius 2 is 1.89 bits per heavy atom. The SMILES string of the molecule is O=C(c1cc(-c2ccco2)on1)N1CCC(c2ccccc2)S(=O)(=O)CC1. The van der Waals surface area contributed by atoms with Crippen LogP contribution in [-0.4, -0.2) is 43.2 Å². The highest BCUT2D eigenvalue weighted by Gasteiger charge is 2.33. The van der Waals surface area contributed by atoms with Crippen LogP contribution in [0.1, 0.15) is 27.7 Å². The number of aromatic nitrogens is 1. The van der Waals surface area contributed by atoms with Crippen molar-refractivity contribution < 1.29 is 22.2 Å². The molecular formula is C19H18N2O5S. The molecule has 1 unspecified atom stereocenters. The molecule has 1 fully saturated rings. The summed E-state index contributed by atoms with van der Waals surface area (Å²) in [7, 11) is -3.34. The molecule has 1 aromatic carbocycles. The van der Waals surface area contributed by atoms with Gasteiger partial charge in [0, 0.05) is 19.2 Å². The molecular weight excluding hydrogens is 368 g/mol. The maximum absolute atomic E-state index is 12.8. The fourth-order valence-electron chi connectivity index (χ4n) is 3.26. The second-order valence-electron chi connectivity index (χ2n) is 6.40. The highest BCUT2D eigenvalue weighted by molar-refractivity contribution is 7.91. The summed E-state index contributed by atoms with van der Waals surface area (Å²) in [6.45, 7) is 0.466. The van der Waals surface area contributed by atoms with Gasteiger partial charge in [0.2, 0.25) is 5.76 Å². The lowest BCUT2D eigenvalue weighted by Gasteiger charge is -2.18. The number of sulfone groups is 1. The fourth-order valence-corrected chi connectivity index (χ4v) is 5.06. The zero-order valence-corrected chi connectivity index (χ0v) is 15.3. The highest BCUT2D eigenvalue weighted by atomic mass is 32.2. The predicted octanol–water partition coefficient (Wildman–Crippen LogP) is 2.94. The van der Waals surface area contributed by atoms with E-state index in [4.69, 9.17) is 8.94 Å². The lowest BCUT2D eigenvalue weighted by Crippen LogP contribution is -2.33. The number of hydrogen-bond acceptors (Lipinski definition) is 6. The molecule has 3 heterocycles. The summed E-state index contributed by atoms with van der Waals surface area (Å²) in [4.78, 5) is 14.3. The molecule has 140 valence electrons. The van der Waals surface area contributed by atoms with Gasteiger partial charge < -0.3 is 13.8 Å². The fraction of sp³-hybridized carbons (Fsp3) is 0.263. The molecule has 1 saturated heterocycles. The molecule has 1 aliphatic rings. The topological polar surface area (TPSA) is 93.6 Å². The third-order valence-corrected chi connectivity index (χ3v) is 6.82. The third kappa shape index (κ3) is 3.52. The van der Waals surface area contributed by atoms with Crippen LogP contribution in [-0.2, 0) is 9.84 Å². The van der Waals surface area contributed by atoms with Crippen molar-refractivity contribution in [3.05, 3.63) is 66.1 Å². The summed E-state index contributed by atoms with van der Waals surface area (Å²) in [6, 6.07) is 14.0. The van der Waals surface area contributed by atoms with E-state index in [0.29, 0.717) is 24.5 Å². The van der Waals surface area contributed by atoms with Gasteiger partial charge in [0.25, 0.3) is 5.91 Å². The van der Waals surface area contributed by atoms with Gasteiger partial charge in [-0.3, -0.25) is 4.79 Å². The normalized spacial score (nSPS) is 19.6. The van der Waals surface area contributed by atoms with Gasteiger partial charge >= 0.3 is 0 Å². The van der Waals surface area contributed by atoms with Gasteiger partial charge in [-0.2, -0.15) is 0 Å². The van der Waals surface area contributed by atoms with E-state index >= 15 is 0 Å². The van der Waals surface area contributed by atoms with E-state index < -0.39 is 15.1 Å². The standard InChI is InChI=1S/C19H18N2O5S/c22-19(15-13-17(26-20-15)16-7-4-11-25-16)21-9-8-18(27(23,24)12-10-21)14-5-2-1-3-6-14/h1-7,11,13,18H,8-10,12H2. The second kappa shape index (κ2) is 7.03. The second-order valence-corrected chi connectivity index (χ2v) is 8.70. The number of furan rings is 1. The van der Waals surface area contributed by atoms with Crippen molar-refractivity contribution in [1.82, 2.24) is 10.1 Å². The maximum Gasteiger partial charge on any atom is 0.276 e. The van der Waals surface area contributed by atoms with Crippen molar-refractivity contribution in [1.29, 1.82) is 0 Å². The molecule has 8 heteroatoms. The van der Waals surface area contributed by atoms with Crippen LogP contribution in [0.2, 0.25) is 0 Å². The molecule has 0 bridgehead atoms. The lowest BCUT2D eigenvalue weighted by atomic mass is 10.1. The van der Waals surface area contributed by atoms with Crippen molar-refractivity contribution in [3.63, 3.8) is 0 Å². The van der Waals surface area contributed by atoms with Crippen LogP contribution in [0.5, 0.6) is 0 Å². The van der Waals surface area contributed by atoms with E-state index in [-0.39, 0.29) is 23.9 Å². The predicted molar refractivity (Wildman–Crippen MR) is 97.7 cm³/mol. The van der Waals surface area contributed by atoms with Crippen LogP contribution >= 0.6 is 0 Å². The van der Waals surface area contributed by atoms with Crippen molar-refractivity contribution in [2.45, 2.75) is 11.7 Å². The number of rotatable bonds is 3. The molecule has 0 spiro atoms. The van der Waals surface area contributed by atoms with Crippen LogP contribution in [0, 0.1) is 0 Å². The number of carbonyl (C=O) groups is 1. The lowest BCUT2D eigenvalue weighted by molar-refractivity contribution is 0.0756. The highest BCUT2D eigenvalue weighted by Crippen LogP contribution is 2.30. The van der Waals surface area contributed by atoms with Crippen LogP contribution in [0.25, 0.3) is 11.5 Å². The zero-order chi connectivity index (χ0) is 18.9. The van der Waals surface area contributed by atoms with E-state index in [9.17, 15) is 13.2 Å². The summed E-state index contributed by atoms with van der Waals surface area (Å²) in [6.07, 6.45) is 1.85.